The van der Waals surface area contributed by atoms with Crippen LogP contribution in [0.5, 0.6) is 0 Å². The lowest BCUT2D eigenvalue weighted by molar-refractivity contribution is -0.171. The molecule has 114 valence electrons. The third kappa shape index (κ3) is 4.80. The Morgan fingerprint density at radius 3 is 2.43 bits per heavy atom. The number of carbonyl (C=O) groups is 1. The van der Waals surface area contributed by atoms with E-state index in [1.54, 1.807) is 6.07 Å². The van der Waals surface area contributed by atoms with Crippen LogP contribution in [0.1, 0.15) is 25.3 Å². The van der Waals surface area contributed by atoms with Crippen molar-refractivity contribution in [1.29, 1.82) is 0 Å². The molecule has 1 aromatic rings. The summed E-state index contributed by atoms with van der Waals surface area (Å²) in [5.74, 6) is 4.09. The van der Waals surface area contributed by atoms with Crippen molar-refractivity contribution in [2.75, 3.05) is 6.61 Å². The molecule has 1 aromatic carbocycles. The highest BCUT2D eigenvalue weighted by molar-refractivity contribution is 5.65. The lowest BCUT2D eigenvalue weighted by atomic mass is 9.90. The van der Waals surface area contributed by atoms with E-state index in [0.717, 1.165) is 0 Å². The van der Waals surface area contributed by atoms with Crippen LogP contribution in [0.2, 0.25) is 0 Å². The molecule has 0 spiro atoms. The van der Waals surface area contributed by atoms with Gasteiger partial charge in [0.05, 0.1) is 6.61 Å². The fourth-order valence-corrected chi connectivity index (χ4v) is 1.59. The van der Waals surface area contributed by atoms with Crippen LogP contribution in [-0.2, 0) is 15.1 Å². The number of nitrogens with two attached hydrogens (primary N) is 1. The van der Waals surface area contributed by atoms with E-state index in [-0.39, 0.29) is 18.6 Å². The van der Waals surface area contributed by atoms with Gasteiger partial charge in [0.1, 0.15) is 0 Å². The number of halogens is 3. The molecule has 0 bridgehead atoms. The number of hydrogen-bond acceptors (Lipinski definition) is 3. The molecule has 0 aromatic heterocycles. The maximum absolute atomic E-state index is 13.2. The van der Waals surface area contributed by atoms with Crippen molar-refractivity contribution in [3.8, 4) is 11.8 Å². The fourth-order valence-electron chi connectivity index (χ4n) is 1.59. The summed E-state index contributed by atoms with van der Waals surface area (Å²) >= 11 is 0. The van der Waals surface area contributed by atoms with Crippen LogP contribution in [0.3, 0.4) is 0 Å². The zero-order chi connectivity index (χ0) is 15.9. The van der Waals surface area contributed by atoms with Gasteiger partial charge in [0, 0.05) is 13.3 Å². The highest BCUT2D eigenvalue weighted by Crippen LogP contribution is 2.36. The van der Waals surface area contributed by atoms with Crippen LogP contribution >= 0.6 is 0 Å². The number of rotatable bonds is 4. The molecule has 0 aliphatic rings. The molecule has 2 N–H and O–H groups in total. The summed E-state index contributed by atoms with van der Waals surface area (Å²) in [6.45, 7) is 1.38. The molecular weight excluding hydrogens is 283 g/mol. The van der Waals surface area contributed by atoms with E-state index in [0.29, 0.717) is 6.42 Å². The van der Waals surface area contributed by atoms with Crippen molar-refractivity contribution in [2.45, 2.75) is 31.5 Å². The SMILES string of the molecule is CC(=O)OCCCC#CC(N)(c1ccccc1)C(F)(F)F. The molecule has 0 aliphatic heterocycles. The zero-order valence-corrected chi connectivity index (χ0v) is 11.5. The molecule has 0 saturated heterocycles. The highest BCUT2D eigenvalue weighted by Gasteiger charge is 2.52. The third-order valence-electron chi connectivity index (χ3n) is 2.71. The Morgan fingerprint density at radius 2 is 1.90 bits per heavy atom. The van der Waals surface area contributed by atoms with E-state index in [1.165, 1.54) is 31.2 Å². The van der Waals surface area contributed by atoms with Gasteiger partial charge in [-0.3, -0.25) is 4.79 Å². The van der Waals surface area contributed by atoms with Gasteiger partial charge in [0.25, 0.3) is 0 Å². The van der Waals surface area contributed by atoms with E-state index in [4.69, 9.17) is 5.73 Å². The third-order valence-corrected chi connectivity index (χ3v) is 2.71. The lowest BCUT2D eigenvalue weighted by Gasteiger charge is -2.27. The van der Waals surface area contributed by atoms with Gasteiger partial charge in [-0.15, -0.1) is 5.92 Å². The Hall–Kier alpha value is -2.00. The van der Waals surface area contributed by atoms with Crippen molar-refractivity contribution < 1.29 is 22.7 Å². The summed E-state index contributed by atoms with van der Waals surface area (Å²) in [7, 11) is 0. The van der Waals surface area contributed by atoms with Crippen molar-refractivity contribution in [3.63, 3.8) is 0 Å². The summed E-state index contributed by atoms with van der Waals surface area (Å²) in [5, 5.41) is 0. The van der Waals surface area contributed by atoms with Crippen molar-refractivity contribution in [3.05, 3.63) is 35.9 Å². The minimum absolute atomic E-state index is 0.106. The Bertz CT molecular complexity index is 531. The second-order valence-electron chi connectivity index (χ2n) is 4.42. The number of hydrogen-bond donors (Lipinski definition) is 1. The van der Waals surface area contributed by atoms with Gasteiger partial charge in [-0.25, -0.2) is 0 Å². The Balaban J connectivity index is 2.80. The monoisotopic (exact) mass is 299 g/mol. The first-order valence-electron chi connectivity index (χ1n) is 6.32. The molecule has 1 rings (SSSR count). The molecule has 0 saturated carbocycles. The predicted octanol–water partition coefficient (Wildman–Crippen LogP) is 2.75. The van der Waals surface area contributed by atoms with Gasteiger partial charge in [-0.2, -0.15) is 13.2 Å². The van der Waals surface area contributed by atoms with E-state index in [1.807, 2.05) is 0 Å². The second-order valence-corrected chi connectivity index (χ2v) is 4.42. The maximum atomic E-state index is 13.2. The van der Waals surface area contributed by atoms with Crippen LogP contribution in [0.15, 0.2) is 30.3 Å². The summed E-state index contributed by atoms with van der Waals surface area (Å²) in [6, 6.07) is 7.14. The Morgan fingerprint density at radius 1 is 1.29 bits per heavy atom. The van der Waals surface area contributed by atoms with Crippen LogP contribution in [0.4, 0.5) is 13.2 Å². The molecule has 0 amide bonds. The second kappa shape index (κ2) is 7.14. The summed E-state index contributed by atoms with van der Waals surface area (Å²) in [4.78, 5) is 10.5. The Labute approximate surface area is 121 Å². The van der Waals surface area contributed by atoms with Crippen LogP contribution in [0, 0.1) is 11.8 Å². The first-order chi connectivity index (χ1) is 9.77. The molecule has 0 aliphatic carbocycles. The fraction of sp³-hybridized carbons (Fsp3) is 0.400. The number of unbranched alkanes of at least 4 members (excludes halogenated alkanes) is 1. The molecule has 0 fully saturated rings. The van der Waals surface area contributed by atoms with Gasteiger partial charge < -0.3 is 10.5 Å². The average Bonchev–Trinajstić information content (AvgIpc) is 2.41. The standard InChI is InChI=1S/C15H16F3NO2/c1-12(20)21-11-7-3-6-10-14(19,15(16,17)18)13-8-4-2-5-9-13/h2,4-5,8-9H,3,7,11,19H2,1H3. The van der Waals surface area contributed by atoms with E-state index in [2.05, 4.69) is 16.6 Å². The summed E-state index contributed by atoms with van der Waals surface area (Å²) in [5.41, 5.74) is 2.67. The van der Waals surface area contributed by atoms with Crippen LogP contribution in [-0.4, -0.2) is 18.8 Å². The number of esters is 1. The molecule has 6 heteroatoms. The minimum atomic E-state index is -4.68. The topological polar surface area (TPSA) is 52.3 Å². The smallest absolute Gasteiger partial charge is 0.422 e. The number of ether oxygens (including phenoxy) is 1. The Kier molecular flexibility index (Phi) is 5.79. The molecule has 0 radical (unpaired) electrons. The van der Waals surface area contributed by atoms with Crippen LogP contribution in [0.25, 0.3) is 0 Å². The highest BCUT2D eigenvalue weighted by atomic mass is 19.4. The number of alkyl halides is 3. The normalized spacial score (nSPS) is 13.8. The first kappa shape index (κ1) is 17.1. The molecule has 21 heavy (non-hydrogen) atoms. The molecule has 0 heterocycles. The largest absolute Gasteiger partial charge is 0.466 e. The first-order valence-corrected chi connectivity index (χ1v) is 6.32. The average molecular weight is 299 g/mol. The van der Waals surface area contributed by atoms with Gasteiger partial charge in [0.2, 0.25) is 0 Å². The molecule has 1 unspecified atom stereocenters. The number of carbonyl (C=O) groups excluding carboxylic acids is 1. The predicted molar refractivity (Wildman–Crippen MR) is 72.0 cm³/mol. The van der Waals surface area contributed by atoms with E-state index >= 15 is 0 Å². The van der Waals surface area contributed by atoms with Crippen molar-refractivity contribution >= 4 is 5.97 Å². The number of benzene rings is 1. The lowest BCUT2D eigenvalue weighted by Crippen LogP contribution is -2.49. The zero-order valence-electron chi connectivity index (χ0n) is 11.5. The van der Waals surface area contributed by atoms with Crippen molar-refractivity contribution in [1.82, 2.24) is 0 Å². The minimum Gasteiger partial charge on any atom is -0.466 e. The molecule has 1 atom stereocenters. The van der Waals surface area contributed by atoms with Gasteiger partial charge in [-0.05, 0) is 12.0 Å². The quantitative estimate of drug-likeness (QED) is 0.528. The molecular formula is C15H16F3NO2. The summed E-state index contributed by atoms with van der Waals surface area (Å²) in [6.07, 6.45) is -4.16. The summed E-state index contributed by atoms with van der Waals surface area (Å²) < 4.78 is 44.2. The van der Waals surface area contributed by atoms with Crippen LogP contribution < -0.4 is 5.73 Å². The molecule has 3 nitrogen and oxygen atoms in total. The van der Waals surface area contributed by atoms with E-state index < -0.39 is 17.7 Å². The maximum Gasteiger partial charge on any atom is 0.422 e. The van der Waals surface area contributed by atoms with Gasteiger partial charge in [0.15, 0.2) is 5.54 Å². The van der Waals surface area contributed by atoms with Gasteiger partial charge >= 0.3 is 12.1 Å². The van der Waals surface area contributed by atoms with Gasteiger partial charge in [-0.1, -0.05) is 36.3 Å². The van der Waals surface area contributed by atoms with E-state index in [9.17, 15) is 18.0 Å². The van der Waals surface area contributed by atoms with Crippen molar-refractivity contribution in [2.24, 2.45) is 5.73 Å².